The first-order chi connectivity index (χ1) is 3.83. The maximum absolute atomic E-state index is 5.41. The Balaban J connectivity index is 2.22. The van der Waals surface area contributed by atoms with E-state index in [4.69, 9.17) is 4.74 Å². The van der Waals surface area contributed by atoms with Crippen LogP contribution in [0.5, 0.6) is 0 Å². The van der Waals surface area contributed by atoms with E-state index in [2.05, 4.69) is 13.8 Å². The summed E-state index contributed by atoms with van der Waals surface area (Å²) in [5, 5.41) is 0. The van der Waals surface area contributed by atoms with Gasteiger partial charge in [-0.15, -0.1) is 0 Å². The molecule has 1 nitrogen and oxygen atoms in total. The number of hydrogen-bond donors (Lipinski definition) is 0. The van der Waals surface area contributed by atoms with Crippen molar-refractivity contribution in [3.05, 3.63) is 0 Å². The van der Waals surface area contributed by atoms with E-state index in [1.807, 2.05) is 0 Å². The molecule has 1 heteroatoms. The van der Waals surface area contributed by atoms with Crippen LogP contribution in [0.4, 0.5) is 0 Å². The van der Waals surface area contributed by atoms with Crippen molar-refractivity contribution in [1.82, 2.24) is 0 Å². The van der Waals surface area contributed by atoms with E-state index >= 15 is 0 Å². The summed E-state index contributed by atoms with van der Waals surface area (Å²) in [6, 6.07) is 0. The van der Waals surface area contributed by atoms with Crippen molar-refractivity contribution in [3.8, 4) is 0 Å². The molecule has 1 aliphatic rings. The van der Waals surface area contributed by atoms with E-state index < -0.39 is 0 Å². The average molecular weight is 114 g/mol. The van der Waals surface area contributed by atoms with Crippen LogP contribution in [0.15, 0.2) is 0 Å². The van der Waals surface area contributed by atoms with E-state index in [0.717, 1.165) is 12.5 Å². The Morgan fingerprint density at radius 2 is 2.38 bits per heavy atom. The summed E-state index contributed by atoms with van der Waals surface area (Å²) < 4.78 is 5.41. The molecule has 0 aromatic carbocycles. The highest BCUT2D eigenvalue weighted by Crippen LogP contribution is 2.20. The highest BCUT2D eigenvalue weighted by molar-refractivity contribution is 4.67. The van der Waals surface area contributed by atoms with Crippen LogP contribution in [-0.2, 0) is 4.74 Å². The Bertz CT molecular complexity index is 70.8. The fraction of sp³-hybridized carbons (Fsp3) is 1.00. The van der Waals surface area contributed by atoms with Crippen molar-refractivity contribution in [2.45, 2.75) is 32.8 Å². The lowest BCUT2D eigenvalue weighted by Crippen LogP contribution is -2.00. The second-order valence-corrected chi connectivity index (χ2v) is 2.70. The minimum atomic E-state index is 0.574. The number of ether oxygens (including phenoxy) is 1. The van der Waals surface area contributed by atoms with Gasteiger partial charge in [-0.2, -0.15) is 0 Å². The fourth-order valence-electron chi connectivity index (χ4n) is 1.17. The van der Waals surface area contributed by atoms with Gasteiger partial charge in [0, 0.05) is 6.61 Å². The second kappa shape index (κ2) is 2.49. The molecular formula is C7H14O. The van der Waals surface area contributed by atoms with Crippen LogP contribution in [0.2, 0.25) is 0 Å². The van der Waals surface area contributed by atoms with Crippen LogP contribution in [-0.4, -0.2) is 12.7 Å². The summed E-state index contributed by atoms with van der Waals surface area (Å²) in [5.74, 6) is 0.806. The predicted octanol–water partition coefficient (Wildman–Crippen LogP) is 1.82. The normalized spacial score (nSPS) is 38.2. The third kappa shape index (κ3) is 1.22. The molecule has 1 saturated heterocycles. The van der Waals surface area contributed by atoms with E-state index in [1.165, 1.54) is 12.8 Å². The molecule has 0 radical (unpaired) electrons. The van der Waals surface area contributed by atoms with E-state index in [0.29, 0.717) is 6.10 Å². The monoisotopic (exact) mass is 114 g/mol. The van der Waals surface area contributed by atoms with Crippen LogP contribution < -0.4 is 0 Å². The zero-order valence-corrected chi connectivity index (χ0v) is 5.68. The zero-order valence-electron chi connectivity index (χ0n) is 5.68. The molecule has 1 fully saturated rings. The molecule has 48 valence electrons. The average Bonchev–Trinajstić information content (AvgIpc) is 2.14. The lowest BCUT2D eigenvalue weighted by molar-refractivity contribution is 0.105. The molecule has 2 atom stereocenters. The first-order valence-electron chi connectivity index (χ1n) is 3.44. The number of hydrogen-bond acceptors (Lipinski definition) is 1. The molecule has 1 heterocycles. The Hall–Kier alpha value is -0.0400. The standard InChI is InChI=1S/C7H14O/c1-3-7-4-6(2)5-8-7/h6-7H,3-5H2,1-2H3/t6-,7-/m1/s1. The van der Waals surface area contributed by atoms with Gasteiger partial charge in [-0.1, -0.05) is 13.8 Å². The fourth-order valence-corrected chi connectivity index (χ4v) is 1.17. The summed E-state index contributed by atoms with van der Waals surface area (Å²) in [7, 11) is 0. The van der Waals surface area contributed by atoms with Crippen molar-refractivity contribution in [2.24, 2.45) is 5.92 Å². The summed E-state index contributed by atoms with van der Waals surface area (Å²) in [4.78, 5) is 0. The van der Waals surface area contributed by atoms with Crippen molar-refractivity contribution in [3.63, 3.8) is 0 Å². The Morgan fingerprint density at radius 1 is 1.62 bits per heavy atom. The Morgan fingerprint density at radius 3 is 2.62 bits per heavy atom. The van der Waals surface area contributed by atoms with Gasteiger partial charge < -0.3 is 4.74 Å². The smallest absolute Gasteiger partial charge is 0.0576 e. The molecule has 0 unspecified atom stereocenters. The molecule has 8 heavy (non-hydrogen) atoms. The summed E-state index contributed by atoms with van der Waals surface area (Å²) in [6.45, 7) is 5.41. The van der Waals surface area contributed by atoms with Gasteiger partial charge in [-0.3, -0.25) is 0 Å². The summed E-state index contributed by atoms with van der Waals surface area (Å²) in [5.41, 5.74) is 0. The SMILES string of the molecule is CC[C@@H]1C[C@@H](C)CO1. The largest absolute Gasteiger partial charge is 0.378 e. The molecule has 0 amide bonds. The summed E-state index contributed by atoms with van der Waals surface area (Å²) >= 11 is 0. The molecular weight excluding hydrogens is 100 g/mol. The summed E-state index contributed by atoms with van der Waals surface area (Å²) in [6.07, 6.45) is 3.03. The van der Waals surface area contributed by atoms with Crippen LogP contribution >= 0.6 is 0 Å². The van der Waals surface area contributed by atoms with Gasteiger partial charge in [0.1, 0.15) is 0 Å². The molecule has 1 rings (SSSR count). The molecule has 0 bridgehead atoms. The van der Waals surface area contributed by atoms with Gasteiger partial charge in [-0.05, 0) is 18.8 Å². The molecule has 0 aromatic rings. The van der Waals surface area contributed by atoms with Gasteiger partial charge in [0.25, 0.3) is 0 Å². The molecule has 0 aromatic heterocycles. The molecule has 0 spiro atoms. The third-order valence-corrected chi connectivity index (χ3v) is 1.74. The first kappa shape index (κ1) is 6.09. The Labute approximate surface area is 51.0 Å². The maximum atomic E-state index is 5.41. The van der Waals surface area contributed by atoms with Crippen molar-refractivity contribution < 1.29 is 4.74 Å². The second-order valence-electron chi connectivity index (χ2n) is 2.70. The van der Waals surface area contributed by atoms with E-state index in [9.17, 15) is 0 Å². The highest BCUT2D eigenvalue weighted by Gasteiger charge is 2.19. The zero-order chi connectivity index (χ0) is 5.98. The number of rotatable bonds is 1. The lowest BCUT2D eigenvalue weighted by atomic mass is 10.1. The van der Waals surface area contributed by atoms with Crippen molar-refractivity contribution >= 4 is 0 Å². The van der Waals surface area contributed by atoms with Crippen LogP contribution in [0.3, 0.4) is 0 Å². The lowest BCUT2D eigenvalue weighted by Gasteiger charge is -2.01. The van der Waals surface area contributed by atoms with Gasteiger partial charge in [0.15, 0.2) is 0 Å². The maximum Gasteiger partial charge on any atom is 0.0576 e. The van der Waals surface area contributed by atoms with Crippen LogP contribution in [0.25, 0.3) is 0 Å². The van der Waals surface area contributed by atoms with Gasteiger partial charge in [0.05, 0.1) is 6.10 Å². The predicted molar refractivity (Wildman–Crippen MR) is 33.8 cm³/mol. The van der Waals surface area contributed by atoms with E-state index in [-0.39, 0.29) is 0 Å². The van der Waals surface area contributed by atoms with Crippen molar-refractivity contribution in [1.29, 1.82) is 0 Å². The van der Waals surface area contributed by atoms with Crippen LogP contribution in [0, 0.1) is 5.92 Å². The van der Waals surface area contributed by atoms with Gasteiger partial charge in [-0.25, -0.2) is 0 Å². The minimum Gasteiger partial charge on any atom is -0.378 e. The van der Waals surface area contributed by atoms with Crippen molar-refractivity contribution in [2.75, 3.05) is 6.61 Å². The van der Waals surface area contributed by atoms with Gasteiger partial charge >= 0.3 is 0 Å². The molecule has 0 saturated carbocycles. The van der Waals surface area contributed by atoms with Crippen LogP contribution in [0.1, 0.15) is 26.7 Å². The minimum absolute atomic E-state index is 0.574. The molecule has 0 N–H and O–H groups in total. The van der Waals surface area contributed by atoms with Gasteiger partial charge in [0.2, 0.25) is 0 Å². The Kier molecular flexibility index (Phi) is 1.90. The molecule has 1 aliphatic heterocycles. The third-order valence-electron chi connectivity index (χ3n) is 1.74. The van der Waals surface area contributed by atoms with E-state index in [1.54, 1.807) is 0 Å². The highest BCUT2D eigenvalue weighted by atomic mass is 16.5. The quantitative estimate of drug-likeness (QED) is 0.505. The topological polar surface area (TPSA) is 9.23 Å². The first-order valence-corrected chi connectivity index (χ1v) is 3.44. The molecule has 0 aliphatic carbocycles.